The van der Waals surface area contributed by atoms with Crippen molar-refractivity contribution in [2.24, 2.45) is 0 Å². The van der Waals surface area contributed by atoms with Gasteiger partial charge < -0.3 is 35.2 Å². The van der Waals surface area contributed by atoms with Crippen LogP contribution in [-0.4, -0.2) is 75.5 Å². The first kappa shape index (κ1) is 25.5. The normalized spacial score (nSPS) is 24.9. The molecule has 1 fully saturated rings. The first-order chi connectivity index (χ1) is 16.0. The van der Waals surface area contributed by atoms with Crippen LogP contribution in [0.25, 0.3) is 11.1 Å². The van der Waals surface area contributed by atoms with Crippen molar-refractivity contribution in [1.82, 2.24) is 5.32 Å². The number of rotatable bonds is 8. The molecule has 2 unspecified atom stereocenters. The van der Waals surface area contributed by atoms with E-state index in [-0.39, 0.29) is 5.75 Å². The second kappa shape index (κ2) is 10.4. The molecule has 9 nitrogen and oxygen atoms in total. The van der Waals surface area contributed by atoms with Crippen molar-refractivity contribution >= 4 is 11.9 Å². The molecule has 5 N–H and O–H groups in total. The summed E-state index contributed by atoms with van der Waals surface area (Å²) in [6, 6.07) is 11.5. The van der Waals surface area contributed by atoms with Crippen LogP contribution >= 0.6 is 0 Å². The number of aliphatic hydroxyl groups is 3. The lowest BCUT2D eigenvalue weighted by atomic mass is 9.96. The molecule has 184 valence electrons. The molecular formula is C23H25F2NO8. The standard InChI is InChI=1S/C23H25F2NO8/c1-23(24,25)17(28)10-12-5-4-6-13(9-12)14-7-2-3-8-15(14)33-21-18(26-22(31)32)20(30)19(29)16(11-27)34-21/h2-9,16,18-21,26-27,29-30H,10-11H2,1H3,(H,31,32)/t16?,18?,19-,20+,21+/m0/s1. The highest BCUT2D eigenvalue weighted by molar-refractivity contribution is 5.87. The summed E-state index contributed by atoms with van der Waals surface area (Å²) in [5.74, 6) is -4.50. The molecular weight excluding hydrogens is 456 g/mol. The van der Waals surface area contributed by atoms with Gasteiger partial charge in [-0.3, -0.25) is 4.79 Å². The van der Waals surface area contributed by atoms with Crippen molar-refractivity contribution in [3.05, 3.63) is 54.1 Å². The molecule has 0 saturated carbocycles. The Hall–Kier alpha value is -3.12. The summed E-state index contributed by atoms with van der Waals surface area (Å²) in [4.78, 5) is 22.9. The number of para-hydroxylation sites is 1. The number of hydrogen-bond acceptors (Lipinski definition) is 7. The van der Waals surface area contributed by atoms with E-state index in [1.807, 2.05) is 5.32 Å². The molecule has 1 heterocycles. The molecule has 1 saturated heterocycles. The fourth-order valence-electron chi connectivity index (χ4n) is 3.60. The molecule has 0 spiro atoms. The van der Waals surface area contributed by atoms with Crippen LogP contribution in [0.15, 0.2) is 48.5 Å². The summed E-state index contributed by atoms with van der Waals surface area (Å²) < 4.78 is 38.0. The van der Waals surface area contributed by atoms with E-state index in [9.17, 15) is 33.7 Å². The van der Waals surface area contributed by atoms with E-state index in [4.69, 9.17) is 14.6 Å². The van der Waals surface area contributed by atoms with Gasteiger partial charge in [0.25, 0.3) is 0 Å². The summed E-state index contributed by atoms with van der Waals surface area (Å²) in [6.45, 7) is -0.114. The molecule has 1 aliphatic heterocycles. The minimum atomic E-state index is -3.46. The fraction of sp³-hybridized carbons (Fsp3) is 0.391. The van der Waals surface area contributed by atoms with Crippen molar-refractivity contribution < 1.29 is 48.3 Å². The van der Waals surface area contributed by atoms with Gasteiger partial charge in [-0.2, -0.15) is 8.78 Å². The summed E-state index contributed by atoms with van der Waals surface area (Å²) in [5, 5.41) is 41.1. The van der Waals surface area contributed by atoms with Crippen LogP contribution in [0.3, 0.4) is 0 Å². The number of halogens is 2. The molecule has 5 atom stereocenters. The van der Waals surface area contributed by atoms with Crippen LogP contribution in [0.4, 0.5) is 13.6 Å². The van der Waals surface area contributed by atoms with Crippen LogP contribution in [0.5, 0.6) is 5.75 Å². The van der Waals surface area contributed by atoms with Gasteiger partial charge in [0.1, 0.15) is 30.1 Å². The molecule has 11 heteroatoms. The average molecular weight is 481 g/mol. The van der Waals surface area contributed by atoms with Gasteiger partial charge in [0.05, 0.1) is 6.61 Å². The first-order valence-electron chi connectivity index (χ1n) is 10.4. The predicted molar refractivity (Wildman–Crippen MR) is 115 cm³/mol. The van der Waals surface area contributed by atoms with E-state index in [1.54, 1.807) is 42.5 Å². The number of carbonyl (C=O) groups excluding carboxylic acids is 1. The van der Waals surface area contributed by atoms with Crippen LogP contribution in [-0.2, 0) is 16.0 Å². The Morgan fingerprint density at radius 2 is 1.82 bits per heavy atom. The number of ketones is 1. The molecule has 2 aromatic carbocycles. The second-order valence-corrected chi connectivity index (χ2v) is 7.98. The first-order valence-corrected chi connectivity index (χ1v) is 10.4. The lowest BCUT2D eigenvalue weighted by Crippen LogP contribution is -2.65. The Bertz CT molecular complexity index is 1030. The number of ether oxygens (including phenoxy) is 2. The summed E-state index contributed by atoms with van der Waals surface area (Å²) in [7, 11) is 0. The van der Waals surface area contributed by atoms with E-state index in [1.165, 1.54) is 6.07 Å². The minimum Gasteiger partial charge on any atom is -0.465 e. The predicted octanol–water partition coefficient (Wildman–Crippen LogP) is 1.57. The Kier molecular flexibility index (Phi) is 7.82. The maximum atomic E-state index is 13.3. The van der Waals surface area contributed by atoms with Crippen LogP contribution in [0, 0.1) is 0 Å². The Morgan fingerprint density at radius 1 is 1.12 bits per heavy atom. The van der Waals surface area contributed by atoms with Gasteiger partial charge in [0, 0.05) is 18.9 Å². The zero-order valence-corrected chi connectivity index (χ0v) is 18.1. The third kappa shape index (κ3) is 5.86. The number of amides is 1. The monoisotopic (exact) mass is 481 g/mol. The fourth-order valence-corrected chi connectivity index (χ4v) is 3.60. The van der Waals surface area contributed by atoms with Gasteiger partial charge in [-0.15, -0.1) is 0 Å². The molecule has 1 amide bonds. The topological polar surface area (TPSA) is 146 Å². The lowest BCUT2D eigenvalue weighted by molar-refractivity contribution is -0.243. The van der Waals surface area contributed by atoms with E-state index < -0.39 is 61.5 Å². The molecule has 3 rings (SSSR count). The zero-order valence-electron chi connectivity index (χ0n) is 18.1. The van der Waals surface area contributed by atoms with Crippen molar-refractivity contribution in [3.63, 3.8) is 0 Å². The summed E-state index contributed by atoms with van der Waals surface area (Å²) >= 11 is 0. The van der Waals surface area contributed by atoms with Gasteiger partial charge in [-0.1, -0.05) is 42.5 Å². The third-order valence-electron chi connectivity index (χ3n) is 5.39. The van der Waals surface area contributed by atoms with Crippen LogP contribution in [0.2, 0.25) is 0 Å². The van der Waals surface area contributed by atoms with Crippen LogP contribution < -0.4 is 10.1 Å². The largest absolute Gasteiger partial charge is 0.465 e. The summed E-state index contributed by atoms with van der Waals surface area (Å²) in [6.07, 6.45) is -7.82. The molecule has 34 heavy (non-hydrogen) atoms. The number of hydrogen-bond donors (Lipinski definition) is 5. The quantitative estimate of drug-likeness (QED) is 0.382. The molecule has 0 aliphatic carbocycles. The van der Waals surface area contributed by atoms with E-state index >= 15 is 0 Å². The highest BCUT2D eigenvalue weighted by Gasteiger charge is 2.46. The van der Waals surface area contributed by atoms with Crippen molar-refractivity contribution in [1.29, 1.82) is 0 Å². The maximum Gasteiger partial charge on any atom is 0.405 e. The molecule has 2 aromatic rings. The maximum absolute atomic E-state index is 13.3. The number of carboxylic acid groups (broad SMARTS) is 1. The van der Waals surface area contributed by atoms with Crippen LogP contribution in [0.1, 0.15) is 12.5 Å². The highest BCUT2D eigenvalue weighted by Crippen LogP contribution is 2.33. The molecule has 0 aromatic heterocycles. The summed E-state index contributed by atoms with van der Waals surface area (Å²) in [5.41, 5.74) is 1.36. The van der Waals surface area contributed by atoms with Gasteiger partial charge >= 0.3 is 12.0 Å². The minimum absolute atomic E-state index is 0.189. The Balaban J connectivity index is 1.91. The number of Topliss-reactive ketones (excluding diaryl/α,β-unsaturated/α-hetero) is 1. The van der Waals surface area contributed by atoms with E-state index in [0.29, 0.717) is 23.6 Å². The molecule has 1 aliphatic rings. The second-order valence-electron chi connectivity index (χ2n) is 7.98. The zero-order chi connectivity index (χ0) is 25.0. The Morgan fingerprint density at radius 3 is 2.47 bits per heavy atom. The average Bonchev–Trinajstić information content (AvgIpc) is 2.78. The molecule has 0 radical (unpaired) electrons. The van der Waals surface area contributed by atoms with E-state index in [0.717, 1.165) is 0 Å². The number of aliphatic hydroxyl groups excluding tert-OH is 3. The number of alkyl halides is 2. The van der Waals surface area contributed by atoms with Gasteiger partial charge in [-0.25, -0.2) is 4.79 Å². The van der Waals surface area contributed by atoms with E-state index in [2.05, 4.69) is 0 Å². The number of nitrogens with one attached hydrogen (secondary N) is 1. The number of benzene rings is 2. The van der Waals surface area contributed by atoms with Gasteiger partial charge in [0.15, 0.2) is 0 Å². The highest BCUT2D eigenvalue weighted by atomic mass is 19.3. The van der Waals surface area contributed by atoms with Crippen molar-refractivity contribution in [3.8, 4) is 16.9 Å². The lowest BCUT2D eigenvalue weighted by Gasteiger charge is -2.41. The van der Waals surface area contributed by atoms with Crippen molar-refractivity contribution in [2.75, 3.05) is 6.61 Å². The Labute approximate surface area is 193 Å². The molecule has 0 bridgehead atoms. The SMILES string of the molecule is CC(F)(F)C(=O)Cc1cccc(-c2ccccc2O[C@@H]2OC(CO)[C@H](O)[C@H](O)C2NC(=O)O)c1. The number of carbonyl (C=O) groups is 2. The smallest absolute Gasteiger partial charge is 0.405 e. The van der Waals surface area contributed by atoms with Gasteiger partial charge in [-0.05, 0) is 17.2 Å². The van der Waals surface area contributed by atoms with Gasteiger partial charge in [0.2, 0.25) is 12.1 Å². The van der Waals surface area contributed by atoms with Crippen molar-refractivity contribution in [2.45, 2.75) is 49.9 Å². The third-order valence-corrected chi connectivity index (χ3v) is 5.39.